The van der Waals surface area contributed by atoms with E-state index in [1.165, 1.54) is 0 Å². The molecule has 1 N–H and O–H groups in total. The van der Waals surface area contributed by atoms with Crippen LogP contribution in [0.3, 0.4) is 0 Å². The Hall–Kier alpha value is -0.560. The summed E-state index contributed by atoms with van der Waals surface area (Å²) in [7, 11) is -3.71. The van der Waals surface area contributed by atoms with Crippen LogP contribution < -0.4 is 4.72 Å². The molecule has 0 saturated carbocycles. The highest BCUT2D eigenvalue weighted by molar-refractivity contribution is 9.11. The molecule has 2 aromatic carbocycles. The molecule has 0 aromatic heterocycles. The van der Waals surface area contributed by atoms with E-state index >= 15 is 0 Å². The molecule has 21 heavy (non-hydrogen) atoms. The second kappa shape index (κ2) is 6.28. The maximum Gasteiger partial charge on any atom is 0.263 e. The van der Waals surface area contributed by atoms with Crippen molar-refractivity contribution in [1.29, 1.82) is 0 Å². The summed E-state index contributed by atoms with van der Waals surface area (Å²) in [6.45, 7) is 3.65. The van der Waals surface area contributed by atoms with Gasteiger partial charge in [0.1, 0.15) is 4.90 Å². The molecule has 0 spiro atoms. The van der Waals surface area contributed by atoms with E-state index in [0.29, 0.717) is 20.7 Å². The Bertz CT molecular complexity index is 807. The Morgan fingerprint density at radius 2 is 1.76 bits per heavy atom. The van der Waals surface area contributed by atoms with Crippen molar-refractivity contribution in [2.45, 2.75) is 18.7 Å². The molecule has 0 unspecified atom stereocenters. The van der Waals surface area contributed by atoms with Gasteiger partial charge in [0.15, 0.2) is 0 Å². The maximum absolute atomic E-state index is 12.5. The molecule has 7 heteroatoms. The second-order valence-electron chi connectivity index (χ2n) is 4.55. The van der Waals surface area contributed by atoms with Crippen LogP contribution in [0.4, 0.5) is 5.69 Å². The molecule has 3 nitrogen and oxygen atoms in total. The monoisotopic (exact) mass is 451 g/mol. The molecule has 0 aliphatic carbocycles. The number of halogens is 3. The number of sulfonamides is 1. The summed E-state index contributed by atoms with van der Waals surface area (Å²) in [6.07, 6.45) is 0. The molecule has 112 valence electrons. The molecule has 0 bridgehead atoms. The van der Waals surface area contributed by atoms with Gasteiger partial charge in [-0.25, -0.2) is 8.42 Å². The zero-order valence-electron chi connectivity index (χ0n) is 11.2. The van der Waals surface area contributed by atoms with Gasteiger partial charge in [-0.15, -0.1) is 0 Å². The Kier molecular flexibility index (Phi) is 5.03. The largest absolute Gasteiger partial charge is 0.279 e. The van der Waals surface area contributed by atoms with Gasteiger partial charge in [0.25, 0.3) is 10.0 Å². The topological polar surface area (TPSA) is 46.2 Å². The van der Waals surface area contributed by atoms with Crippen LogP contribution in [0, 0.1) is 13.8 Å². The van der Waals surface area contributed by atoms with Gasteiger partial charge in [-0.05, 0) is 65.2 Å². The highest BCUT2D eigenvalue weighted by Gasteiger charge is 2.20. The average molecular weight is 454 g/mol. The van der Waals surface area contributed by atoms with Crippen molar-refractivity contribution in [2.24, 2.45) is 0 Å². The minimum Gasteiger partial charge on any atom is -0.279 e. The summed E-state index contributed by atoms with van der Waals surface area (Å²) in [5.74, 6) is 0. The van der Waals surface area contributed by atoms with E-state index in [2.05, 4.69) is 36.6 Å². The van der Waals surface area contributed by atoms with Crippen LogP contribution in [0.2, 0.25) is 5.02 Å². The van der Waals surface area contributed by atoms with Crippen LogP contribution >= 0.6 is 43.5 Å². The molecule has 0 aliphatic rings. The third-order valence-corrected chi connectivity index (χ3v) is 6.60. The first-order chi connectivity index (χ1) is 9.72. The minimum absolute atomic E-state index is 0.166. The Labute approximate surface area is 146 Å². The van der Waals surface area contributed by atoms with E-state index in [1.54, 1.807) is 37.3 Å². The lowest BCUT2D eigenvalue weighted by molar-refractivity contribution is 0.600. The standard InChI is InChI=1S/C14H12Br2ClNO2S/c1-8-6-11(16)14(7-10(8)15)21(19,20)18-13-5-3-4-12(17)9(13)2/h3-7,18H,1-2H3. The summed E-state index contributed by atoms with van der Waals surface area (Å²) in [5, 5.41) is 0.513. The molecule has 2 aromatic rings. The normalized spacial score (nSPS) is 11.5. The van der Waals surface area contributed by atoms with Crippen LogP contribution in [-0.2, 0) is 10.0 Å². The first-order valence-corrected chi connectivity index (χ1v) is 9.40. The van der Waals surface area contributed by atoms with Gasteiger partial charge in [0, 0.05) is 14.0 Å². The lowest BCUT2D eigenvalue weighted by atomic mass is 10.2. The molecule has 2 rings (SSSR count). The first kappa shape index (κ1) is 16.8. The highest BCUT2D eigenvalue weighted by atomic mass is 79.9. The lowest BCUT2D eigenvalue weighted by Crippen LogP contribution is -2.14. The molecular formula is C14H12Br2ClNO2S. The number of hydrogen-bond donors (Lipinski definition) is 1. The zero-order valence-corrected chi connectivity index (χ0v) is 16.0. The smallest absolute Gasteiger partial charge is 0.263 e. The third-order valence-electron chi connectivity index (χ3n) is 3.01. The second-order valence-corrected chi connectivity index (χ2v) is 8.32. The zero-order chi connectivity index (χ0) is 15.8. The Morgan fingerprint density at radius 3 is 2.43 bits per heavy atom. The van der Waals surface area contributed by atoms with Gasteiger partial charge < -0.3 is 0 Å². The molecule has 0 saturated heterocycles. The van der Waals surface area contributed by atoms with Crippen LogP contribution in [0.1, 0.15) is 11.1 Å². The van der Waals surface area contributed by atoms with Crippen molar-refractivity contribution in [1.82, 2.24) is 0 Å². The summed E-state index contributed by atoms with van der Waals surface area (Å²) < 4.78 is 28.9. The van der Waals surface area contributed by atoms with E-state index in [-0.39, 0.29) is 4.90 Å². The predicted octanol–water partition coefficient (Wildman–Crippen LogP) is 5.28. The van der Waals surface area contributed by atoms with Crippen molar-refractivity contribution in [3.63, 3.8) is 0 Å². The van der Waals surface area contributed by atoms with Crippen LogP contribution in [0.25, 0.3) is 0 Å². The van der Waals surface area contributed by atoms with Crippen molar-refractivity contribution >= 4 is 59.2 Å². The number of aryl methyl sites for hydroxylation is 1. The van der Waals surface area contributed by atoms with Crippen LogP contribution in [0.15, 0.2) is 44.2 Å². The van der Waals surface area contributed by atoms with E-state index in [1.807, 2.05) is 6.92 Å². The Morgan fingerprint density at radius 1 is 1.10 bits per heavy atom. The molecule has 0 heterocycles. The Balaban J connectivity index is 2.48. The number of hydrogen-bond acceptors (Lipinski definition) is 2. The third kappa shape index (κ3) is 3.62. The predicted molar refractivity (Wildman–Crippen MR) is 93.6 cm³/mol. The van der Waals surface area contributed by atoms with E-state index < -0.39 is 10.0 Å². The summed E-state index contributed by atoms with van der Waals surface area (Å²) in [4.78, 5) is 0.166. The number of anilines is 1. The summed E-state index contributed by atoms with van der Waals surface area (Å²) in [6, 6.07) is 8.42. The van der Waals surface area contributed by atoms with Crippen LogP contribution in [0.5, 0.6) is 0 Å². The van der Waals surface area contributed by atoms with Gasteiger partial charge >= 0.3 is 0 Å². The quantitative estimate of drug-likeness (QED) is 0.687. The van der Waals surface area contributed by atoms with Gasteiger partial charge in [-0.2, -0.15) is 0 Å². The number of nitrogens with one attached hydrogen (secondary N) is 1. The number of rotatable bonds is 3. The fourth-order valence-corrected chi connectivity index (χ4v) is 4.73. The molecular weight excluding hydrogens is 441 g/mol. The molecule has 0 atom stereocenters. The van der Waals surface area contributed by atoms with Crippen LogP contribution in [-0.4, -0.2) is 8.42 Å². The van der Waals surface area contributed by atoms with Gasteiger partial charge in [0.05, 0.1) is 5.69 Å². The van der Waals surface area contributed by atoms with Gasteiger partial charge in [-0.1, -0.05) is 33.6 Å². The fraction of sp³-hybridized carbons (Fsp3) is 0.143. The molecule has 0 radical (unpaired) electrons. The highest BCUT2D eigenvalue weighted by Crippen LogP contribution is 2.31. The van der Waals surface area contributed by atoms with Crippen molar-refractivity contribution < 1.29 is 8.42 Å². The molecule has 0 amide bonds. The van der Waals surface area contributed by atoms with Crippen molar-refractivity contribution in [3.05, 3.63) is 55.4 Å². The fourth-order valence-electron chi connectivity index (χ4n) is 1.75. The average Bonchev–Trinajstić information content (AvgIpc) is 2.39. The number of benzene rings is 2. The molecule has 0 aliphatic heterocycles. The summed E-state index contributed by atoms with van der Waals surface area (Å²) >= 11 is 12.7. The summed E-state index contributed by atoms with van der Waals surface area (Å²) in [5.41, 5.74) is 2.09. The van der Waals surface area contributed by atoms with E-state index in [9.17, 15) is 8.42 Å². The van der Waals surface area contributed by atoms with E-state index in [4.69, 9.17) is 11.6 Å². The van der Waals surface area contributed by atoms with Gasteiger partial charge in [0.2, 0.25) is 0 Å². The molecule has 0 fully saturated rings. The van der Waals surface area contributed by atoms with Gasteiger partial charge in [-0.3, -0.25) is 4.72 Å². The van der Waals surface area contributed by atoms with Crippen molar-refractivity contribution in [3.8, 4) is 0 Å². The lowest BCUT2D eigenvalue weighted by Gasteiger charge is -2.13. The minimum atomic E-state index is -3.71. The van der Waals surface area contributed by atoms with E-state index in [0.717, 1.165) is 10.0 Å². The van der Waals surface area contributed by atoms with Crippen molar-refractivity contribution in [2.75, 3.05) is 4.72 Å². The maximum atomic E-state index is 12.5. The first-order valence-electron chi connectivity index (χ1n) is 5.96. The SMILES string of the molecule is Cc1cc(Br)c(S(=O)(=O)Nc2cccc(Cl)c2C)cc1Br.